The van der Waals surface area contributed by atoms with Crippen molar-refractivity contribution in [2.75, 3.05) is 6.61 Å². The van der Waals surface area contributed by atoms with Crippen LogP contribution in [0, 0.1) is 11.8 Å². The predicted molar refractivity (Wildman–Crippen MR) is 199 cm³/mol. The molecule has 3 rings (SSSR count). The van der Waals surface area contributed by atoms with Crippen LogP contribution in [-0.2, 0) is 11.2 Å². The van der Waals surface area contributed by atoms with Gasteiger partial charge in [-0.15, -0.1) is 0 Å². The molecule has 1 N–H and O–H groups in total. The van der Waals surface area contributed by atoms with Crippen molar-refractivity contribution >= 4 is 5.97 Å². The highest BCUT2D eigenvalue weighted by atomic mass is 16.5. The van der Waals surface area contributed by atoms with Crippen molar-refractivity contribution in [2.24, 2.45) is 11.8 Å². The molecule has 2 aromatic rings. The van der Waals surface area contributed by atoms with E-state index >= 15 is 0 Å². The summed E-state index contributed by atoms with van der Waals surface area (Å²) in [6.07, 6.45) is 35.8. The summed E-state index contributed by atoms with van der Waals surface area (Å²) in [6, 6.07) is 8.21. The molecule has 1 aromatic heterocycles. The molecule has 1 aliphatic carbocycles. The minimum Gasteiger partial charge on any atom is -0.494 e. The van der Waals surface area contributed by atoms with E-state index < -0.39 is 5.97 Å². The second-order valence-electron chi connectivity index (χ2n) is 14.0. The first-order chi connectivity index (χ1) is 23.1. The van der Waals surface area contributed by atoms with Gasteiger partial charge in [0.2, 0.25) is 0 Å². The summed E-state index contributed by atoms with van der Waals surface area (Å²) in [5, 5.41) is 8.84. The minimum atomic E-state index is -0.586. The van der Waals surface area contributed by atoms with Gasteiger partial charge in [0.25, 0.3) is 0 Å². The van der Waals surface area contributed by atoms with Crippen LogP contribution in [0.5, 0.6) is 5.75 Å². The Labute approximate surface area is 289 Å². The molecular formula is C42H70N2O3. The number of rotatable bonds is 25. The van der Waals surface area contributed by atoms with Crippen molar-refractivity contribution in [3.05, 3.63) is 42.2 Å². The van der Waals surface area contributed by atoms with Crippen LogP contribution < -0.4 is 4.74 Å². The fourth-order valence-electron chi connectivity index (χ4n) is 6.60. The van der Waals surface area contributed by atoms with Crippen molar-refractivity contribution in [3.8, 4) is 17.1 Å². The second kappa shape index (κ2) is 27.5. The quantitative estimate of drug-likeness (QED) is 0.108. The highest BCUT2D eigenvalue weighted by Gasteiger charge is 2.25. The Morgan fingerprint density at radius 3 is 1.68 bits per heavy atom. The number of aryl methyl sites for hydroxylation is 1. The molecule has 1 aliphatic rings. The zero-order valence-electron chi connectivity index (χ0n) is 30.7. The van der Waals surface area contributed by atoms with Crippen molar-refractivity contribution in [3.63, 3.8) is 0 Å². The standard InChI is InChI=1S/C30H48N2O.C12H22O2/c1-3-5-7-9-11-12-13-14-16-18-24-33-29-22-20-28(21-23-29)30-31-25-27(26-32-30)19-17-15-10-8-6-4-2;1-2-3-4-5-10-6-8-11(9-7-10)12(13)14/h20-23,25-26H,3-19,24H2,1-2H3;10-11H,2-9H2,1H3,(H,13,14)/t;10-,11-. The van der Waals surface area contributed by atoms with Crippen molar-refractivity contribution < 1.29 is 14.6 Å². The lowest BCUT2D eigenvalue weighted by Crippen LogP contribution is -2.21. The number of unbranched alkanes of at least 4 members (excludes halogenated alkanes) is 16. The highest BCUT2D eigenvalue weighted by Crippen LogP contribution is 2.32. The SMILES string of the molecule is CCCCCCCCCCCCOc1ccc(-c2ncc(CCCCCCCC)cn2)cc1.CCCCC[C@H]1CC[C@H](C(=O)O)CC1. The zero-order chi connectivity index (χ0) is 33.8. The van der Waals surface area contributed by atoms with Crippen LogP contribution in [-0.4, -0.2) is 27.7 Å². The molecule has 266 valence electrons. The van der Waals surface area contributed by atoms with Crippen molar-refractivity contribution in [2.45, 2.75) is 181 Å². The van der Waals surface area contributed by atoms with Gasteiger partial charge in [0.1, 0.15) is 5.75 Å². The summed E-state index contributed by atoms with van der Waals surface area (Å²) in [5.41, 5.74) is 2.29. The van der Waals surface area contributed by atoms with E-state index in [1.54, 1.807) is 0 Å². The zero-order valence-corrected chi connectivity index (χ0v) is 30.7. The third-order valence-corrected chi connectivity index (χ3v) is 9.82. The first-order valence-electron chi connectivity index (χ1n) is 19.8. The number of hydrogen-bond donors (Lipinski definition) is 1. The lowest BCUT2D eigenvalue weighted by molar-refractivity contribution is -0.143. The van der Waals surface area contributed by atoms with Gasteiger partial charge in [0.15, 0.2) is 5.82 Å². The van der Waals surface area contributed by atoms with Gasteiger partial charge in [-0.2, -0.15) is 0 Å². The molecule has 0 saturated heterocycles. The molecule has 47 heavy (non-hydrogen) atoms. The van der Waals surface area contributed by atoms with E-state index in [1.807, 2.05) is 24.5 Å². The molecule has 0 spiro atoms. The molecule has 1 fully saturated rings. The monoisotopic (exact) mass is 651 g/mol. The van der Waals surface area contributed by atoms with Crippen molar-refractivity contribution in [1.29, 1.82) is 0 Å². The molecule has 0 aliphatic heterocycles. The molecule has 0 unspecified atom stereocenters. The number of carboxylic acid groups (broad SMARTS) is 1. The maximum atomic E-state index is 10.7. The van der Waals surface area contributed by atoms with Gasteiger partial charge in [-0.1, -0.05) is 136 Å². The molecule has 5 heteroatoms. The maximum Gasteiger partial charge on any atom is 0.306 e. The molecule has 5 nitrogen and oxygen atoms in total. The topological polar surface area (TPSA) is 72.3 Å². The number of ether oxygens (including phenoxy) is 1. The van der Waals surface area contributed by atoms with Crippen LogP contribution in [0.15, 0.2) is 36.7 Å². The Morgan fingerprint density at radius 1 is 0.660 bits per heavy atom. The third-order valence-electron chi connectivity index (χ3n) is 9.82. The average molecular weight is 651 g/mol. The first-order valence-corrected chi connectivity index (χ1v) is 19.8. The predicted octanol–water partition coefficient (Wildman–Crippen LogP) is 12.8. The minimum absolute atomic E-state index is 0.0441. The highest BCUT2D eigenvalue weighted by molar-refractivity contribution is 5.70. The third kappa shape index (κ3) is 19.9. The average Bonchev–Trinajstić information content (AvgIpc) is 3.10. The fourth-order valence-corrected chi connectivity index (χ4v) is 6.60. The van der Waals surface area contributed by atoms with E-state index in [1.165, 1.54) is 128 Å². The maximum absolute atomic E-state index is 10.7. The first kappa shape index (κ1) is 40.7. The van der Waals surface area contributed by atoms with Crippen LogP contribution in [0.4, 0.5) is 0 Å². The van der Waals surface area contributed by atoms with Crippen molar-refractivity contribution in [1.82, 2.24) is 9.97 Å². The Kier molecular flexibility index (Phi) is 23.9. The molecule has 0 atom stereocenters. The van der Waals surface area contributed by atoms with E-state index in [2.05, 4.69) is 42.9 Å². The lowest BCUT2D eigenvalue weighted by Gasteiger charge is -2.25. The summed E-state index contributed by atoms with van der Waals surface area (Å²) in [5.74, 6) is 1.92. The van der Waals surface area contributed by atoms with E-state index in [4.69, 9.17) is 9.84 Å². The smallest absolute Gasteiger partial charge is 0.306 e. The molecule has 1 aromatic carbocycles. The molecular weight excluding hydrogens is 580 g/mol. The Bertz CT molecular complexity index is 1000. The van der Waals surface area contributed by atoms with E-state index in [9.17, 15) is 4.79 Å². The van der Waals surface area contributed by atoms with Gasteiger partial charge < -0.3 is 9.84 Å². The number of carboxylic acids is 1. The number of nitrogens with zero attached hydrogens (tertiary/aromatic N) is 2. The van der Waals surface area contributed by atoms with Crippen LogP contribution in [0.1, 0.15) is 180 Å². The second-order valence-corrected chi connectivity index (χ2v) is 14.0. The van der Waals surface area contributed by atoms with Gasteiger partial charge in [-0.25, -0.2) is 9.97 Å². The normalized spacial score (nSPS) is 16.0. The van der Waals surface area contributed by atoms with Crippen LogP contribution in [0.25, 0.3) is 11.4 Å². The van der Waals surface area contributed by atoms with Crippen LogP contribution in [0.3, 0.4) is 0 Å². The summed E-state index contributed by atoms with van der Waals surface area (Å²) < 4.78 is 5.93. The van der Waals surface area contributed by atoms with Gasteiger partial charge in [-0.05, 0) is 80.7 Å². The summed E-state index contributed by atoms with van der Waals surface area (Å²) in [6.45, 7) is 7.57. The van der Waals surface area contributed by atoms with Gasteiger partial charge >= 0.3 is 5.97 Å². The summed E-state index contributed by atoms with van der Waals surface area (Å²) >= 11 is 0. The van der Waals surface area contributed by atoms with Gasteiger partial charge in [0.05, 0.1) is 12.5 Å². The van der Waals surface area contributed by atoms with E-state index in [-0.39, 0.29) is 5.92 Å². The largest absolute Gasteiger partial charge is 0.494 e. The molecule has 1 heterocycles. The Hall–Kier alpha value is -2.43. The summed E-state index contributed by atoms with van der Waals surface area (Å²) in [4.78, 5) is 19.9. The molecule has 1 saturated carbocycles. The van der Waals surface area contributed by atoms with Gasteiger partial charge in [-0.3, -0.25) is 4.79 Å². The molecule has 0 radical (unpaired) electrons. The number of benzene rings is 1. The summed E-state index contributed by atoms with van der Waals surface area (Å²) in [7, 11) is 0. The number of aliphatic carboxylic acids is 1. The number of aromatic nitrogens is 2. The molecule has 0 amide bonds. The number of carbonyl (C=O) groups is 1. The van der Waals surface area contributed by atoms with Gasteiger partial charge in [0, 0.05) is 18.0 Å². The van der Waals surface area contributed by atoms with E-state index in [0.717, 1.165) is 68.2 Å². The Balaban J connectivity index is 0.000000456. The molecule has 0 bridgehead atoms. The lowest BCUT2D eigenvalue weighted by atomic mass is 9.80. The van der Waals surface area contributed by atoms with Crippen LogP contribution >= 0.6 is 0 Å². The van der Waals surface area contributed by atoms with Crippen LogP contribution in [0.2, 0.25) is 0 Å². The fraction of sp³-hybridized carbons (Fsp3) is 0.738. The Morgan fingerprint density at radius 2 is 1.15 bits per heavy atom. The number of hydrogen-bond acceptors (Lipinski definition) is 4. The van der Waals surface area contributed by atoms with E-state index in [0.29, 0.717) is 0 Å².